The summed E-state index contributed by atoms with van der Waals surface area (Å²) in [7, 11) is 2.23. The number of nitrogens with zero attached hydrogens (tertiary/aromatic N) is 1. The van der Waals surface area contributed by atoms with Gasteiger partial charge >= 0.3 is 0 Å². The van der Waals surface area contributed by atoms with Gasteiger partial charge in [-0.15, -0.1) is 0 Å². The number of ketones is 1. The molecule has 0 bridgehead atoms. The van der Waals surface area contributed by atoms with Gasteiger partial charge in [-0.3, -0.25) is 4.79 Å². The highest BCUT2D eigenvalue weighted by atomic mass is 16.1. The van der Waals surface area contributed by atoms with Crippen molar-refractivity contribution >= 4 is 5.78 Å². The van der Waals surface area contributed by atoms with E-state index in [1.807, 2.05) is 0 Å². The average Bonchev–Trinajstić information content (AvgIpc) is 2.83. The van der Waals surface area contributed by atoms with E-state index in [0.29, 0.717) is 6.54 Å². The van der Waals surface area contributed by atoms with Crippen molar-refractivity contribution in [1.29, 1.82) is 0 Å². The first-order chi connectivity index (χ1) is 11.8. The maximum absolute atomic E-state index is 12.9. The Hall–Kier alpha value is -1.91. The molecule has 0 saturated carbocycles. The molecule has 4 heteroatoms. The van der Waals surface area contributed by atoms with E-state index in [0.717, 1.165) is 48.8 Å². The normalized spacial score (nSPS) is 20.7. The molecular formula is C21H31N3O+2. The Kier molecular flexibility index (Phi) is 5.11. The number of carbonyl (C=O) groups is 1. The van der Waals surface area contributed by atoms with Crippen molar-refractivity contribution in [2.24, 2.45) is 0 Å². The monoisotopic (exact) mass is 341 g/mol. The van der Waals surface area contributed by atoms with E-state index >= 15 is 0 Å². The van der Waals surface area contributed by atoms with Gasteiger partial charge in [0.2, 0.25) is 5.78 Å². The fourth-order valence-corrected chi connectivity index (χ4v) is 4.05. The van der Waals surface area contributed by atoms with Crippen molar-refractivity contribution in [3.63, 3.8) is 0 Å². The number of hydrogen-bond donors (Lipinski definition) is 2. The molecule has 0 aliphatic carbocycles. The molecule has 1 fully saturated rings. The predicted molar refractivity (Wildman–Crippen MR) is 101 cm³/mol. The molecule has 134 valence electrons. The Bertz CT molecular complexity index is 762. The number of piperazine rings is 1. The highest BCUT2D eigenvalue weighted by Crippen LogP contribution is 2.22. The number of rotatable bonds is 4. The molecule has 2 aromatic rings. The summed E-state index contributed by atoms with van der Waals surface area (Å²) in [6.07, 6.45) is 0. The first-order valence-electron chi connectivity index (χ1n) is 9.31. The smallest absolute Gasteiger partial charge is 0.218 e. The Balaban J connectivity index is 1.85. The van der Waals surface area contributed by atoms with E-state index in [-0.39, 0.29) is 5.78 Å². The van der Waals surface area contributed by atoms with Gasteiger partial charge in [-0.05, 0) is 57.0 Å². The van der Waals surface area contributed by atoms with Gasteiger partial charge in [-0.25, -0.2) is 0 Å². The van der Waals surface area contributed by atoms with Gasteiger partial charge < -0.3 is 14.4 Å². The van der Waals surface area contributed by atoms with E-state index in [4.69, 9.17) is 0 Å². The highest BCUT2D eigenvalue weighted by Gasteiger charge is 2.25. The summed E-state index contributed by atoms with van der Waals surface area (Å²) >= 11 is 0. The molecule has 4 nitrogen and oxygen atoms in total. The lowest BCUT2D eigenvalue weighted by Gasteiger charge is -2.26. The second-order valence-electron chi connectivity index (χ2n) is 7.77. The Morgan fingerprint density at radius 2 is 1.56 bits per heavy atom. The largest absolute Gasteiger partial charge is 0.328 e. The predicted octanol–water partition coefficient (Wildman–Crippen LogP) is 0.307. The molecule has 0 radical (unpaired) electrons. The van der Waals surface area contributed by atoms with Crippen LogP contribution < -0.4 is 9.80 Å². The van der Waals surface area contributed by atoms with E-state index in [1.54, 1.807) is 4.90 Å². The van der Waals surface area contributed by atoms with Crippen LogP contribution in [0.4, 0.5) is 0 Å². The fraction of sp³-hybridized carbons (Fsp3) is 0.476. The summed E-state index contributed by atoms with van der Waals surface area (Å²) in [5, 5.41) is 0. The number of Topliss-reactive ketones (excluding diaryl/α,β-unsaturated/α-hetero) is 1. The molecule has 1 aromatic carbocycles. The molecule has 25 heavy (non-hydrogen) atoms. The number of aryl methyl sites for hydroxylation is 3. The average molecular weight is 341 g/mol. The number of carbonyl (C=O) groups excluding carboxylic acids is 1. The first-order valence-corrected chi connectivity index (χ1v) is 9.31. The van der Waals surface area contributed by atoms with Crippen molar-refractivity contribution < 1.29 is 14.6 Å². The van der Waals surface area contributed by atoms with Gasteiger partial charge in [0.25, 0.3) is 0 Å². The molecular weight excluding hydrogens is 310 g/mol. The lowest BCUT2D eigenvalue weighted by Crippen LogP contribution is -3.27. The zero-order valence-corrected chi connectivity index (χ0v) is 16.2. The zero-order valence-electron chi connectivity index (χ0n) is 16.2. The highest BCUT2D eigenvalue weighted by molar-refractivity contribution is 5.98. The molecule has 0 unspecified atom stereocenters. The third-order valence-electron chi connectivity index (χ3n) is 5.42. The van der Waals surface area contributed by atoms with Crippen LogP contribution in [0.1, 0.15) is 32.9 Å². The molecule has 1 aromatic heterocycles. The minimum Gasteiger partial charge on any atom is -0.328 e. The molecule has 1 saturated heterocycles. The molecule has 0 spiro atoms. The van der Waals surface area contributed by atoms with Gasteiger partial charge in [0.05, 0.1) is 7.05 Å². The number of aromatic nitrogens is 1. The van der Waals surface area contributed by atoms with Crippen LogP contribution in [0.3, 0.4) is 0 Å². The van der Waals surface area contributed by atoms with Crippen LogP contribution in [0.25, 0.3) is 5.69 Å². The van der Waals surface area contributed by atoms with E-state index in [9.17, 15) is 4.79 Å². The molecule has 2 heterocycles. The molecule has 1 aliphatic rings. The van der Waals surface area contributed by atoms with Crippen molar-refractivity contribution in [2.75, 3.05) is 39.8 Å². The lowest BCUT2D eigenvalue weighted by atomic mass is 10.1. The van der Waals surface area contributed by atoms with Crippen LogP contribution in [-0.4, -0.2) is 50.1 Å². The van der Waals surface area contributed by atoms with Gasteiger partial charge in [-0.2, -0.15) is 0 Å². The summed E-state index contributed by atoms with van der Waals surface area (Å²) in [4.78, 5) is 15.9. The van der Waals surface area contributed by atoms with Gasteiger partial charge in [0.1, 0.15) is 32.7 Å². The molecule has 3 rings (SSSR count). The van der Waals surface area contributed by atoms with Crippen molar-refractivity contribution in [2.45, 2.75) is 27.7 Å². The third kappa shape index (κ3) is 3.86. The SMILES string of the molecule is Cc1cc(C)cc(-n2c(C)cc(C(=O)C[NH+]3CC[NH+](C)CC3)c2C)c1. The minimum atomic E-state index is 0.276. The maximum atomic E-state index is 12.9. The third-order valence-corrected chi connectivity index (χ3v) is 5.42. The fourth-order valence-electron chi connectivity index (χ4n) is 4.05. The summed E-state index contributed by atoms with van der Waals surface area (Å²) in [5.74, 6) is 0.276. The number of likely N-dealkylation sites (N-methyl/N-ethyl adjacent to an activating group) is 1. The Morgan fingerprint density at radius 1 is 0.960 bits per heavy atom. The standard InChI is InChI=1S/C21H29N3O/c1-15-10-16(2)12-19(11-15)24-17(3)13-20(18(24)4)21(25)14-23-8-6-22(5)7-9-23/h10-13H,6-9,14H2,1-5H3/p+2. The quantitative estimate of drug-likeness (QED) is 0.771. The maximum Gasteiger partial charge on any atom is 0.218 e. The van der Waals surface area contributed by atoms with Crippen molar-refractivity contribution in [3.05, 3.63) is 52.3 Å². The molecule has 2 N–H and O–H groups in total. The zero-order chi connectivity index (χ0) is 18.1. The molecule has 0 atom stereocenters. The van der Waals surface area contributed by atoms with Crippen LogP contribution in [0.15, 0.2) is 24.3 Å². The summed E-state index contributed by atoms with van der Waals surface area (Å²) in [6.45, 7) is 13.5. The molecule has 0 amide bonds. The second-order valence-corrected chi connectivity index (χ2v) is 7.77. The van der Waals surface area contributed by atoms with Crippen molar-refractivity contribution in [3.8, 4) is 5.69 Å². The van der Waals surface area contributed by atoms with E-state index < -0.39 is 0 Å². The number of nitrogens with one attached hydrogen (secondary N) is 2. The van der Waals surface area contributed by atoms with Crippen molar-refractivity contribution in [1.82, 2.24) is 4.57 Å². The lowest BCUT2D eigenvalue weighted by molar-refractivity contribution is -0.999. The minimum absolute atomic E-state index is 0.276. The molecule has 1 aliphatic heterocycles. The van der Waals surface area contributed by atoms with Crippen LogP contribution in [0.5, 0.6) is 0 Å². The van der Waals surface area contributed by atoms with Gasteiger partial charge in [0.15, 0.2) is 0 Å². The summed E-state index contributed by atoms with van der Waals surface area (Å²) < 4.78 is 2.22. The summed E-state index contributed by atoms with van der Waals surface area (Å²) in [6, 6.07) is 8.63. The summed E-state index contributed by atoms with van der Waals surface area (Å²) in [5.41, 5.74) is 6.73. The number of benzene rings is 1. The van der Waals surface area contributed by atoms with Gasteiger partial charge in [0, 0.05) is 22.6 Å². The van der Waals surface area contributed by atoms with E-state index in [2.05, 4.69) is 63.6 Å². The Morgan fingerprint density at radius 3 is 2.16 bits per heavy atom. The van der Waals surface area contributed by atoms with Crippen LogP contribution >= 0.6 is 0 Å². The van der Waals surface area contributed by atoms with Crippen LogP contribution in [0, 0.1) is 27.7 Å². The second kappa shape index (κ2) is 7.14. The first kappa shape index (κ1) is 17.9. The van der Waals surface area contributed by atoms with E-state index in [1.165, 1.54) is 16.0 Å². The number of quaternary nitrogens is 2. The van der Waals surface area contributed by atoms with Crippen LogP contribution in [0.2, 0.25) is 0 Å². The topological polar surface area (TPSA) is 30.9 Å². The van der Waals surface area contributed by atoms with Gasteiger partial charge in [-0.1, -0.05) is 6.07 Å². The van der Waals surface area contributed by atoms with Crippen LogP contribution in [-0.2, 0) is 0 Å². The number of hydrogen-bond acceptors (Lipinski definition) is 1. The Labute approximate surface area is 151 Å².